The Morgan fingerprint density at radius 3 is 2.09 bits per heavy atom. The summed E-state index contributed by atoms with van der Waals surface area (Å²) in [7, 11) is 2.65. The number of rotatable bonds is 12. The van der Waals surface area contributed by atoms with Crippen molar-refractivity contribution >= 4 is 15.9 Å². The third-order valence-corrected chi connectivity index (χ3v) is 6.64. The van der Waals surface area contributed by atoms with Crippen molar-refractivity contribution in [3.05, 3.63) is 42.0 Å². The van der Waals surface area contributed by atoms with Gasteiger partial charge in [-0.2, -0.15) is 0 Å². The average molecular weight is 481 g/mol. The van der Waals surface area contributed by atoms with Crippen LogP contribution in [-0.2, 0) is 21.4 Å². The fourth-order valence-corrected chi connectivity index (χ4v) is 4.30. The molecule has 0 unspecified atom stereocenters. The molecule has 2 rings (SSSR count). The molecule has 1 amide bonds. The monoisotopic (exact) mass is 480 g/mol. The van der Waals surface area contributed by atoms with Crippen molar-refractivity contribution in [2.75, 3.05) is 35.0 Å². The Labute approximate surface area is 195 Å². The molecule has 2 aromatic rings. The highest BCUT2D eigenvalue weighted by Gasteiger charge is 2.18. The minimum atomic E-state index is -3.59. The Balaban J connectivity index is 1.99. The van der Waals surface area contributed by atoms with Gasteiger partial charge in [0, 0.05) is 19.6 Å². The standard InChI is InChI=1S/C23H32N2O7S/c1-7-16(2)24-33(27,28)19-10-8-18(9-11-19)32-15-22(26)25(3)14-17-12-20(29-4)23(31-6)21(13-17)30-5/h8-13,16,24H,7,14-15H2,1-6H3/t16-/m0/s1. The van der Waals surface area contributed by atoms with E-state index < -0.39 is 10.0 Å². The quantitative estimate of drug-likeness (QED) is 0.498. The lowest BCUT2D eigenvalue weighted by atomic mass is 10.1. The highest BCUT2D eigenvalue weighted by atomic mass is 32.2. The molecular weight excluding hydrogens is 448 g/mol. The second kappa shape index (κ2) is 11.8. The minimum absolute atomic E-state index is 0.140. The van der Waals surface area contributed by atoms with Gasteiger partial charge in [-0.1, -0.05) is 6.92 Å². The Morgan fingerprint density at radius 1 is 1.03 bits per heavy atom. The van der Waals surface area contributed by atoms with Gasteiger partial charge in [0.15, 0.2) is 18.1 Å². The fourth-order valence-electron chi connectivity index (χ4n) is 2.98. The number of nitrogens with zero attached hydrogens (tertiary/aromatic N) is 1. The van der Waals surface area contributed by atoms with E-state index in [1.807, 2.05) is 6.92 Å². The van der Waals surface area contributed by atoms with E-state index in [0.717, 1.165) is 5.56 Å². The molecule has 0 aliphatic carbocycles. The number of nitrogens with one attached hydrogen (secondary N) is 1. The number of hydrogen-bond donors (Lipinski definition) is 1. The molecule has 182 valence electrons. The van der Waals surface area contributed by atoms with E-state index in [4.69, 9.17) is 18.9 Å². The third kappa shape index (κ3) is 7.00. The van der Waals surface area contributed by atoms with E-state index in [1.165, 1.54) is 50.5 Å². The molecule has 1 N–H and O–H groups in total. The lowest BCUT2D eigenvalue weighted by Crippen LogP contribution is -2.32. The van der Waals surface area contributed by atoms with Gasteiger partial charge >= 0.3 is 0 Å². The van der Waals surface area contributed by atoms with Gasteiger partial charge in [0.1, 0.15) is 5.75 Å². The zero-order valence-electron chi connectivity index (χ0n) is 19.9. The number of hydrogen-bond acceptors (Lipinski definition) is 7. The molecule has 2 aromatic carbocycles. The highest BCUT2D eigenvalue weighted by molar-refractivity contribution is 7.89. The van der Waals surface area contributed by atoms with Crippen molar-refractivity contribution in [2.45, 2.75) is 37.8 Å². The maximum absolute atomic E-state index is 12.5. The summed E-state index contributed by atoms with van der Waals surface area (Å²) >= 11 is 0. The molecule has 0 saturated heterocycles. The van der Waals surface area contributed by atoms with E-state index in [9.17, 15) is 13.2 Å². The van der Waals surface area contributed by atoms with E-state index in [1.54, 1.807) is 26.1 Å². The first-order chi connectivity index (χ1) is 15.6. The van der Waals surface area contributed by atoms with Gasteiger partial charge in [-0.05, 0) is 55.3 Å². The van der Waals surface area contributed by atoms with Gasteiger partial charge in [0.25, 0.3) is 5.91 Å². The van der Waals surface area contributed by atoms with Crippen LogP contribution in [0.15, 0.2) is 41.3 Å². The van der Waals surface area contributed by atoms with Gasteiger partial charge in [0.05, 0.1) is 26.2 Å². The smallest absolute Gasteiger partial charge is 0.260 e. The first-order valence-corrected chi connectivity index (χ1v) is 11.9. The lowest BCUT2D eigenvalue weighted by molar-refractivity contribution is -0.132. The van der Waals surface area contributed by atoms with Crippen molar-refractivity contribution in [1.29, 1.82) is 0 Å². The molecule has 0 fully saturated rings. The van der Waals surface area contributed by atoms with Crippen LogP contribution in [0.1, 0.15) is 25.8 Å². The summed E-state index contributed by atoms with van der Waals surface area (Å²) in [5.41, 5.74) is 0.795. The maximum atomic E-state index is 12.5. The summed E-state index contributed by atoms with van der Waals surface area (Å²) in [4.78, 5) is 14.2. The molecule has 33 heavy (non-hydrogen) atoms. The summed E-state index contributed by atoms with van der Waals surface area (Å²) in [5.74, 6) is 1.63. The fraction of sp³-hybridized carbons (Fsp3) is 0.435. The SMILES string of the molecule is CC[C@H](C)NS(=O)(=O)c1ccc(OCC(=O)N(C)Cc2cc(OC)c(OC)c(OC)c2)cc1. The summed E-state index contributed by atoms with van der Waals surface area (Å²) in [6.45, 7) is 3.81. The predicted octanol–water partition coefficient (Wildman–Crippen LogP) is 2.83. The molecule has 0 bridgehead atoms. The van der Waals surface area contributed by atoms with Crippen molar-refractivity contribution in [3.63, 3.8) is 0 Å². The third-order valence-electron chi connectivity index (χ3n) is 5.04. The molecule has 10 heteroatoms. The minimum Gasteiger partial charge on any atom is -0.493 e. The highest BCUT2D eigenvalue weighted by Crippen LogP contribution is 2.38. The molecular formula is C23H32N2O7S. The van der Waals surface area contributed by atoms with Crippen molar-refractivity contribution in [2.24, 2.45) is 0 Å². The Kier molecular flexibility index (Phi) is 9.36. The van der Waals surface area contributed by atoms with Gasteiger partial charge in [-0.3, -0.25) is 4.79 Å². The molecule has 0 aliphatic rings. The van der Waals surface area contributed by atoms with Gasteiger partial charge < -0.3 is 23.8 Å². The number of likely N-dealkylation sites (N-methyl/N-ethyl adjacent to an activating group) is 1. The van der Waals surface area contributed by atoms with E-state index in [2.05, 4.69) is 4.72 Å². The summed E-state index contributed by atoms with van der Waals surface area (Å²) in [5, 5.41) is 0. The first kappa shape index (κ1) is 26.3. The van der Waals surface area contributed by atoms with Crippen LogP contribution in [0.3, 0.4) is 0 Å². The number of ether oxygens (including phenoxy) is 4. The summed E-state index contributed by atoms with van der Waals surface area (Å²) in [6.07, 6.45) is 0.687. The molecule has 9 nitrogen and oxygen atoms in total. The van der Waals surface area contributed by atoms with Crippen LogP contribution < -0.4 is 23.7 Å². The normalized spacial score (nSPS) is 12.1. The van der Waals surface area contributed by atoms with Crippen molar-refractivity contribution in [3.8, 4) is 23.0 Å². The van der Waals surface area contributed by atoms with Crippen LogP contribution in [0.25, 0.3) is 0 Å². The van der Waals surface area contributed by atoms with Crippen LogP contribution in [0, 0.1) is 0 Å². The maximum Gasteiger partial charge on any atom is 0.260 e. The van der Waals surface area contributed by atoms with Crippen molar-refractivity contribution < 1.29 is 32.2 Å². The second-order valence-electron chi connectivity index (χ2n) is 7.47. The summed E-state index contributed by atoms with van der Waals surface area (Å²) < 4.78 is 48.8. The molecule has 1 atom stereocenters. The number of amides is 1. The molecule has 0 aliphatic heterocycles. The van der Waals surface area contributed by atoms with Crippen LogP contribution in [0.2, 0.25) is 0 Å². The molecule has 0 radical (unpaired) electrons. The number of carbonyl (C=O) groups excluding carboxylic acids is 1. The van der Waals surface area contributed by atoms with Crippen LogP contribution in [0.5, 0.6) is 23.0 Å². The van der Waals surface area contributed by atoms with Crippen molar-refractivity contribution in [1.82, 2.24) is 9.62 Å². The second-order valence-corrected chi connectivity index (χ2v) is 9.19. The number of sulfonamides is 1. The summed E-state index contributed by atoms with van der Waals surface area (Å²) in [6, 6.07) is 9.34. The Bertz CT molecular complexity index is 1010. The van der Waals surface area contributed by atoms with Gasteiger partial charge in [-0.15, -0.1) is 0 Å². The number of methoxy groups -OCH3 is 3. The largest absolute Gasteiger partial charge is 0.493 e. The van der Waals surface area contributed by atoms with Crippen LogP contribution in [0.4, 0.5) is 0 Å². The van der Waals surface area contributed by atoms with Gasteiger partial charge in [-0.25, -0.2) is 13.1 Å². The average Bonchev–Trinajstić information content (AvgIpc) is 2.81. The molecule has 0 aromatic heterocycles. The first-order valence-electron chi connectivity index (χ1n) is 10.4. The van der Waals surface area contributed by atoms with E-state index in [0.29, 0.717) is 36.0 Å². The lowest BCUT2D eigenvalue weighted by Gasteiger charge is -2.20. The Hall–Kier alpha value is -2.98. The number of carbonyl (C=O) groups is 1. The van der Waals surface area contributed by atoms with E-state index >= 15 is 0 Å². The predicted molar refractivity (Wildman–Crippen MR) is 125 cm³/mol. The number of benzene rings is 2. The topological polar surface area (TPSA) is 103 Å². The van der Waals surface area contributed by atoms with Crippen LogP contribution >= 0.6 is 0 Å². The molecule has 0 saturated carbocycles. The zero-order valence-corrected chi connectivity index (χ0v) is 20.7. The Morgan fingerprint density at radius 2 is 1.61 bits per heavy atom. The van der Waals surface area contributed by atoms with E-state index in [-0.39, 0.29) is 23.5 Å². The molecule has 0 spiro atoms. The van der Waals surface area contributed by atoms with Crippen LogP contribution in [-0.4, -0.2) is 60.3 Å². The van der Waals surface area contributed by atoms with Gasteiger partial charge in [0.2, 0.25) is 15.8 Å². The zero-order chi connectivity index (χ0) is 24.6. The molecule has 0 heterocycles.